The summed E-state index contributed by atoms with van der Waals surface area (Å²) < 4.78 is 28.0. The number of carbonyl (C=O) groups is 4. The normalized spacial score (nSPS) is 12.4. The van der Waals surface area contributed by atoms with Crippen molar-refractivity contribution in [2.24, 2.45) is 0 Å². The van der Waals surface area contributed by atoms with Crippen LogP contribution < -0.4 is 18.9 Å². The molecule has 0 aliphatic heterocycles. The molecule has 0 aliphatic carbocycles. The van der Waals surface area contributed by atoms with Gasteiger partial charge < -0.3 is 38.3 Å². The minimum absolute atomic E-state index is 0.0913. The van der Waals surface area contributed by atoms with E-state index >= 15 is 0 Å². The third-order valence-electron chi connectivity index (χ3n) is 12.8. The van der Waals surface area contributed by atoms with Crippen molar-refractivity contribution in [2.45, 2.75) is 38.8 Å². The van der Waals surface area contributed by atoms with Crippen molar-refractivity contribution in [3.63, 3.8) is 0 Å². The van der Waals surface area contributed by atoms with Crippen LogP contribution in [0.1, 0.15) is 59.5 Å². The third kappa shape index (κ3) is 8.38. The van der Waals surface area contributed by atoms with Crippen molar-refractivity contribution in [3.8, 4) is 23.0 Å². The van der Waals surface area contributed by atoms with Gasteiger partial charge in [0.2, 0.25) is 0 Å². The van der Waals surface area contributed by atoms with E-state index in [-0.39, 0.29) is 38.0 Å². The highest BCUT2D eigenvalue weighted by Crippen LogP contribution is 2.42. The highest BCUT2D eigenvalue weighted by Gasteiger charge is 2.40. The Morgan fingerprint density at radius 3 is 1.41 bits per heavy atom. The molecule has 12 heteroatoms. The molecular weight excluding hydrogens is 885 g/mol. The molecule has 10 aromatic rings. The zero-order chi connectivity index (χ0) is 48.5. The summed E-state index contributed by atoms with van der Waals surface area (Å²) in [5.41, 5.74) is 3.10. The van der Waals surface area contributed by atoms with E-state index in [2.05, 4.69) is 0 Å². The lowest BCUT2D eigenvalue weighted by Gasteiger charge is -2.26. The van der Waals surface area contributed by atoms with E-state index in [0.29, 0.717) is 69.0 Å². The molecule has 2 N–H and O–H groups in total. The molecule has 10 rings (SSSR count). The molecule has 0 radical (unpaired) electrons. The summed E-state index contributed by atoms with van der Waals surface area (Å²) in [6, 6.07) is 45.1. The lowest BCUT2D eigenvalue weighted by atomic mass is 10.0. The molecule has 0 fully saturated rings. The van der Waals surface area contributed by atoms with Crippen LogP contribution in [0.4, 0.5) is 0 Å². The topological polar surface area (TPSA) is 156 Å². The summed E-state index contributed by atoms with van der Waals surface area (Å²) in [7, 11) is 0. The van der Waals surface area contributed by atoms with E-state index in [9.17, 15) is 29.4 Å². The predicted octanol–water partition coefficient (Wildman–Crippen LogP) is 12.3. The Morgan fingerprint density at radius 1 is 0.443 bits per heavy atom. The quantitative estimate of drug-likeness (QED) is 0.0591. The van der Waals surface area contributed by atoms with E-state index in [1.807, 2.05) is 115 Å². The van der Waals surface area contributed by atoms with Crippen LogP contribution >= 0.6 is 0 Å². The number of rotatable bonds is 19. The van der Waals surface area contributed by atoms with Gasteiger partial charge >= 0.3 is 11.9 Å². The molecule has 0 amide bonds. The number of benzene rings is 8. The maximum atomic E-state index is 13.9. The van der Waals surface area contributed by atoms with Gasteiger partial charge in [0.15, 0.2) is 23.7 Å². The summed E-state index contributed by atoms with van der Waals surface area (Å²) in [6.07, 6.45) is 0.950. The van der Waals surface area contributed by atoms with E-state index in [1.165, 1.54) is 13.8 Å². The van der Waals surface area contributed by atoms with Gasteiger partial charge in [-0.15, -0.1) is 0 Å². The number of hydrogen-bond donors (Lipinski definition) is 2. The fourth-order valence-electron chi connectivity index (χ4n) is 9.78. The van der Waals surface area contributed by atoms with Crippen LogP contribution in [-0.2, 0) is 9.59 Å². The first-order valence-electron chi connectivity index (χ1n) is 23.2. The molecule has 0 aliphatic rings. The van der Waals surface area contributed by atoms with Crippen molar-refractivity contribution < 1.29 is 48.3 Å². The molecule has 350 valence electrons. The number of fused-ring (bicyclic) bond motifs is 8. The van der Waals surface area contributed by atoms with E-state index in [1.54, 1.807) is 51.6 Å². The number of carbonyl (C=O) groups excluding carboxylic acids is 2. The fraction of sp³-hybridized carbons (Fsp3) is 0.172. The van der Waals surface area contributed by atoms with Crippen molar-refractivity contribution in [3.05, 3.63) is 169 Å². The zero-order valence-electron chi connectivity index (χ0n) is 38.5. The molecule has 2 aromatic heterocycles. The van der Waals surface area contributed by atoms with Crippen LogP contribution in [0.5, 0.6) is 23.0 Å². The van der Waals surface area contributed by atoms with Gasteiger partial charge in [0.1, 0.15) is 23.0 Å². The van der Waals surface area contributed by atoms with E-state index < -0.39 is 24.0 Å². The monoisotopic (exact) mass is 932 g/mol. The molecule has 0 saturated heterocycles. The first-order valence-corrected chi connectivity index (χ1v) is 23.2. The lowest BCUT2D eigenvalue weighted by Crippen LogP contribution is -2.34. The molecule has 70 heavy (non-hydrogen) atoms. The Bertz CT molecular complexity index is 3680. The van der Waals surface area contributed by atoms with Gasteiger partial charge in [-0.3, -0.25) is 9.59 Å². The second-order valence-electron chi connectivity index (χ2n) is 17.2. The number of aliphatic carboxylic acids is 2. The highest BCUT2D eigenvalue weighted by atomic mass is 16.5. The number of ketones is 2. The summed E-state index contributed by atoms with van der Waals surface area (Å²) in [5.74, 6) is -0.913. The Balaban J connectivity index is 0.934. The molecule has 8 aromatic carbocycles. The maximum Gasteiger partial charge on any atom is 0.329 e. The molecule has 2 heterocycles. The number of carboxylic acids is 2. The van der Waals surface area contributed by atoms with Crippen LogP contribution in [0.15, 0.2) is 158 Å². The summed E-state index contributed by atoms with van der Waals surface area (Å²) in [6.45, 7) is 4.08. The Morgan fingerprint density at radius 2 is 0.886 bits per heavy atom. The van der Waals surface area contributed by atoms with Crippen molar-refractivity contribution >= 4 is 88.7 Å². The van der Waals surface area contributed by atoms with Gasteiger partial charge in [0.25, 0.3) is 0 Å². The Kier molecular flexibility index (Phi) is 12.4. The Labute approximate surface area is 401 Å². The predicted molar refractivity (Wildman–Crippen MR) is 271 cm³/mol. The number of Topliss-reactive ketones (excluding diaryl/α,β-unsaturated/α-hetero) is 2. The van der Waals surface area contributed by atoms with Gasteiger partial charge in [0, 0.05) is 51.9 Å². The smallest absolute Gasteiger partial charge is 0.329 e. The van der Waals surface area contributed by atoms with Crippen LogP contribution in [0, 0.1) is 0 Å². The van der Waals surface area contributed by atoms with Gasteiger partial charge in [0.05, 0.1) is 59.6 Å². The average Bonchev–Trinajstić information content (AvgIpc) is 3.86. The van der Waals surface area contributed by atoms with Gasteiger partial charge in [-0.2, -0.15) is 0 Å². The van der Waals surface area contributed by atoms with Crippen molar-refractivity contribution in [2.75, 3.05) is 26.4 Å². The fourth-order valence-corrected chi connectivity index (χ4v) is 9.78. The SMILES string of the molecule is CC(=O)c1ccc2ccccc2c1OCCCOc1ccc2c3ccccc3n(C(C(=O)O)C(C(=O)O)n3c4ccccc4c4ccc(OCCCOc5ccc6ccccc6c5C(C)=O)cc43)c2c1. The molecule has 2 unspecified atom stereocenters. The third-order valence-corrected chi connectivity index (χ3v) is 12.8. The van der Waals surface area contributed by atoms with Crippen molar-refractivity contribution in [1.29, 1.82) is 0 Å². The van der Waals surface area contributed by atoms with E-state index in [4.69, 9.17) is 18.9 Å². The van der Waals surface area contributed by atoms with Crippen LogP contribution in [0.2, 0.25) is 0 Å². The molecule has 12 nitrogen and oxygen atoms in total. The van der Waals surface area contributed by atoms with Gasteiger partial charge in [-0.1, -0.05) is 97.1 Å². The van der Waals surface area contributed by atoms with Crippen molar-refractivity contribution in [1.82, 2.24) is 9.13 Å². The number of nitrogens with zero attached hydrogens (tertiary/aromatic N) is 2. The molecule has 0 saturated carbocycles. The number of hydrogen-bond acceptors (Lipinski definition) is 8. The summed E-state index contributed by atoms with van der Waals surface area (Å²) in [5, 5.41) is 29.1. The molecule has 2 atom stereocenters. The molecule has 0 spiro atoms. The first kappa shape index (κ1) is 45.2. The standard InChI is InChI=1S/C58H48N2O10/c1-35(61)41-25-21-38-14-4-6-16-43(38)56(41)70-32-12-30-68-40-24-27-47-45-18-8-10-20-49(45)60(51(47)34-40)55(58(65)66)54(57(63)64)59-48-19-9-7-17-44(48)46-26-23-39(33-50(46)59)67-29-11-31-69-52-28-22-37-13-3-5-15-42(37)53(52)36(2)62/h3-10,13-28,33-34,54-55H,11-12,29-32H2,1-2H3,(H,63,64)(H,65,66). The second kappa shape index (κ2) is 19.2. The average molecular weight is 933 g/mol. The van der Waals surface area contributed by atoms with Crippen LogP contribution in [-0.4, -0.2) is 69.3 Å². The minimum atomic E-state index is -1.64. The molecule has 0 bridgehead atoms. The van der Waals surface area contributed by atoms with Crippen LogP contribution in [0.25, 0.3) is 65.2 Å². The summed E-state index contributed by atoms with van der Waals surface area (Å²) in [4.78, 5) is 52.9. The maximum absolute atomic E-state index is 13.9. The second-order valence-corrected chi connectivity index (χ2v) is 17.2. The summed E-state index contributed by atoms with van der Waals surface area (Å²) >= 11 is 0. The lowest BCUT2D eigenvalue weighted by molar-refractivity contribution is -0.151. The largest absolute Gasteiger partial charge is 0.493 e. The van der Waals surface area contributed by atoms with Gasteiger partial charge in [-0.25, -0.2) is 9.59 Å². The number of aromatic nitrogens is 2. The number of para-hydroxylation sites is 2. The van der Waals surface area contributed by atoms with Gasteiger partial charge in [-0.05, 0) is 78.5 Å². The Hall–Kier alpha value is -8.64. The molecular formula is C58H48N2O10. The first-order chi connectivity index (χ1) is 34.1. The van der Waals surface area contributed by atoms with E-state index in [0.717, 1.165) is 43.1 Å². The zero-order valence-corrected chi connectivity index (χ0v) is 38.5. The van der Waals surface area contributed by atoms with Crippen LogP contribution in [0.3, 0.4) is 0 Å². The number of carboxylic acid groups (broad SMARTS) is 2. The number of ether oxygens (including phenoxy) is 4. The highest BCUT2D eigenvalue weighted by molar-refractivity contribution is 6.12. The minimum Gasteiger partial charge on any atom is -0.493 e.